The number of methoxy groups -OCH3 is 1. The number of carbonyl (C=O) groups is 3. The van der Waals surface area contributed by atoms with Crippen molar-refractivity contribution in [3.63, 3.8) is 0 Å². The number of likely N-dealkylation sites (N-methyl/N-ethyl adjacent to an activating group) is 2. The van der Waals surface area contributed by atoms with Gasteiger partial charge in [-0.1, -0.05) is 35.3 Å². The fraction of sp³-hybridized carbons (Fsp3) is 0.214. The number of fused-ring (bicyclic) bond motifs is 1. The number of imidazole rings is 1. The van der Waals surface area contributed by atoms with Gasteiger partial charge in [0.15, 0.2) is 22.7 Å². The molecule has 1 fully saturated rings. The van der Waals surface area contributed by atoms with Crippen molar-refractivity contribution < 1.29 is 23.9 Å². The van der Waals surface area contributed by atoms with E-state index in [-0.39, 0.29) is 40.8 Å². The van der Waals surface area contributed by atoms with Gasteiger partial charge in [0.1, 0.15) is 5.57 Å². The molecular weight excluding hydrogens is 603 g/mol. The minimum Gasteiger partial charge on any atom is -0.493 e. The van der Waals surface area contributed by atoms with Crippen LogP contribution in [0.25, 0.3) is 17.2 Å². The Kier molecular flexibility index (Phi) is 7.63. The molecule has 4 amide bonds. The third kappa shape index (κ3) is 5.06. The predicted octanol–water partition coefficient (Wildman–Crippen LogP) is 3.02. The van der Waals surface area contributed by atoms with Crippen molar-refractivity contribution >= 4 is 58.3 Å². The third-order valence-corrected chi connectivity index (χ3v) is 7.59. The van der Waals surface area contributed by atoms with E-state index in [4.69, 9.17) is 32.7 Å². The maximum Gasteiger partial charge on any atom is 0.333 e. The molecule has 3 heterocycles. The lowest BCUT2D eigenvalue weighted by Gasteiger charge is -2.28. The quantitative estimate of drug-likeness (QED) is 0.235. The molecule has 0 aliphatic carbocycles. The zero-order valence-corrected chi connectivity index (χ0v) is 25.1. The first-order valence-electron chi connectivity index (χ1n) is 12.6. The Bertz CT molecular complexity index is 1980. The zero-order chi connectivity index (χ0) is 31.3. The lowest BCUT2D eigenvalue weighted by molar-refractivity contribution is -0.134. The SMILES string of the molecule is COc1cc(C=C2C(=O)N(C)C(=O)N(C)C2=O)ccc1Oc1nc2c(c(=O)n(C)c(=O)n2C)n1Cc1ccc(Cl)cc1Cl. The van der Waals surface area contributed by atoms with E-state index in [1.807, 2.05) is 0 Å². The summed E-state index contributed by atoms with van der Waals surface area (Å²) in [5.74, 6) is -1.10. The average molecular weight is 627 g/mol. The Balaban J connectivity index is 1.61. The van der Waals surface area contributed by atoms with E-state index in [1.165, 1.54) is 62.6 Å². The Hall–Kier alpha value is -4.88. The van der Waals surface area contributed by atoms with Crippen LogP contribution in [0.2, 0.25) is 10.0 Å². The number of hydrogen-bond donors (Lipinski definition) is 0. The number of carbonyl (C=O) groups excluding carboxylic acids is 3. The molecule has 2 aromatic carbocycles. The van der Waals surface area contributed by atoms with Gasteiger partial charge in [-0.25, -0.2) is 9.59 Å². The first-order valence-corrected chi connectivity index (χ1v) is 13.4. The monoisotopic (exact) mass is 626 g/mol. The molecule has 13 nitrogen and oxygen atoms in total. The summed E-state index contributed by atoms with van der Waals surface area (Å²) in [7, 11) is 6.81. The molecule has 0 bridgehead atoms. The van der Waals surface area contributed by atoms with Gasteiger partial charge >= 0.3 is 17.7 Å². The molecular formula is C28H24Cl2N6O7. The molecule has 1 saturated heterocycles. The van der Waals surface area contributed by atoms with Crippen LogP contribution in [0.1, 0.15) is 11.1 Å². The summed E-state index contributed by atoms with van der Waals surface area (Å²) in [6.45, 7) is 0.0474. The van der Waals surface area contributed by atoms with Gasteiger partial charge in [0.05, 0.1) is 13.7 Å². The Labute approximate surface area is 253 Å². The summed E-state index contributed by atoms with van der Waals surface area (Å²) < 4.78 is 15.4. The van der Waals surface area contributed by atoms with E-state index in [1.54, 1.807) is 24.3 Å². The van der Waals surface area contributed by atoms with Crippen LogP contribution in [0.3, 0.4) is 0 Å². The number of imide groups is 2. The van der Waals surface area contributed by atoms with Crippen molar-refractivity contribution in [3.8, 4) is 17.5 Å². The smallest absolute Gasteiger partial charge is 0.333 e. The number of rotatable bonds is 6. The molecule has 5 rings (SSSR count). The molecule has 1 aliphatic heterocycles. The minimum atomic E-state index is -0.742. The van der Waals surface area contributed by atoms with Crippen LogP contribution in [-0.4, -0.2) is 67.5 Å². The number of urea groups is 1. The molecule has 0 saturated carbocycles. The number of benzene rings is 2. The molecule has 0 N–H and O–H groups in total. The molecule has 1 aliphatic rings. The molecule has 0 atom stereocenters. The molecule has 0 radical (unpaired) electrons. The van der Waals surface area contributed by atoms with E-state index in [9.17, 15) is 24.0 Å². The Morgan fingerprint density at radius 3 is 2.16 bits per heavy atom. The number of nitrogens with zero attached hydrogens (tertiary/aromatic N) is 6. The summed E-state index contributed by atoms with van der Waals surface area (Å²) in [5, 5.41) is 0.780. The fourth-order valence-corrected chi connectivity index (χ4v) is 5.04. The summed E-state index contributed by atoms with van der Waals surface area (Å²) in [4.78, 5) is 69.4. The van der Waals surface area contributed by atoms with Gasteiger partial charge in [-0.15, -0.1) is 0 Å². The van der Waals surface area contributed by atoms with Crippen LogP contribution in [-0.2, 0) is 30.2 Å². The maximum absolute atomic E-state index is 13.3. The molecule has 0 unspecified atom stereocenters. The predicted molar refractivity (Wildman–Crippen MR) is 158 cm³/mol. The van der Waals surface area contributed by atoms with Crippen LogP contribution < -0.4 is 20.7 Å². The van der Waals surface area contributed by atoms with Crippen LogP contribution in [0.15, 0.2) is 51.6 Å². The second-order valence-electron chi connectivity index (χ2n) is 9.68. The molecule has 222 valence electrons. The number of halogens is 2. The summed E-state index contributed by atoms with van der Waals surface area (Å²) >= 11 is 12.5. The number of hydrogen-bond acceptors (Lipinski definition) is 8. The highest BCUT2D eigenvalue weighted by atomic mass is 35.5. The fourth-order valence-electron chi connectivity index (χ4n) is 4.57. The van der Waals surface area contributed by atoms with Crippen LogP contribution >= 0.6 is 23.2 Å². The van der Waals surface area contributed by atoms with Gasteiger partial charge in [-0.3, -0.25) is 37.9 Å². The molecule has 2 aromatic heterocycles. The lowest BCUT2D eigenvalue weighted by Crippen LogP contribution is -2.52. The summed E-state index contributed by atoms with van der Waals surface area (Å²) in [6, 6.07) is 8.77. The highest BCUT2D eigenvalue weighted by Crippen LogP contribution is 2.35. The normalized spacial score (nSPS) is 13.7. The van der Waals surface area contributed by atoms with E-state index in [0.717, 1.165) is 14.4 Å². The lowest BCUT2D eigenvalue weighted by atomic mass is 10.1. The summed E-state index contributed by atoms with van der Waals surface area (Å²) in [5.41, 5.74) is -0.162. The summed E-state index contributed by atoms with van der Waals surface area (Å²) in [6.07, 6.45) is 1.34. The number of ether oxygens (including phenoxy) is 2. The second-order valence-corrected chi connectivity index (χ2v) is 10.5. The average Bonchev–Trinajstić information content (AvgIpc) is 3.34. The van der Waals surface area contributed by atoms with Crippen LogP contribution in [0.4, 0.5) is 4.79 Å². The van der Waals surface area contributed by atoms with Gasteiger partial charge in [-0.05, 0) is 41.5 Å². The molecule has 4 aromatic rings. The first-order chi connectivity index (χ1) is 20.3. The van der Waals surface area contributed by atoms with E-state index in [2.05, 4.69) is 4.98 Å². The van der Waals surface area contributed by atoms with E-state index in [0.29, 0.717) is 21.2 Å². The number of barbiturate groups is 1. The standard InChI is InChI=1S/C28H24Cl2N6O7/c1-32-22-21(25(39)35(4)27(32)40)36(13-15-7-8-16(29)12-18(15)30)26(31-22)43-19-9-6-14(11-20(19)42-5)10-17-23(37)33(2)28(41)34(3)24(17)38/h6-12H,13H2,1-5H3. The number of aromatic nitrogens is 4. The second kappa shape index (κ2) is 11.1. The van der Waals surface area contributed by atoms with Gasteiger partial charge in [0, 0.05) is 38.2 Å². The highest BCUT2D eigenvalue weighted by Gasteiger charge is 2.37. The van der Waals surface area contributed by atoms with Gasteiger partial charge in [0.25, 0.3) is 17.4 Å². The zero-order valence-electron chi connectivity index (χ0n) is 23.5. The topological polar surface area (TPSA) is 138 Å². The minimum absolute atomic E-state index is 0.0388. The Morgan fingerprint density at radius 1 is 0.860 bits per heavy atom. The number of aryl methyl sites for hydroxylation is 1. The highest BCUT2D eigenvalue weighted by molar-refractivity contribution is 6.35. The van der Waals surface area contributed by atoms with Crippen molar-refractivity contribution in [2.45, 2.75) is 6.54 Å². The van der Waals surface area contributed by atoms with Crippen LogP contribution in [0.5, 0.6) is 17.5 Å². The molecule has 15 heteroatoms. The third-order valence-electron chi connectivity index (χ3n) is 7.00. The van der Waals surface area contributed by atoms with Crippen LogP contribution in [0, 0.1) is 0 Å². The van der Waals surface area contributed by atoms with Crippen molar-refractivity contribution in [3.05, 3.63) is 84.0 Å². The van der Waals surface area contributed by atoms with Crippen molar-refractivity contribution in [2.24, 2.45) is 14.1 Å². The first kappa shape index (κ1) is 29.6. The van der Waals surface area contributed by atoms with Gasteiger partial charge in [-0.2, -0.15) is 4.98 Å². The maximum atomic E-state index is 13.3. The van der Waals surface area contributed by atoms with Crippen molar-refractivity contribution in [1.82, 2.24) is 28.5 Å². The molecule has 43 heavy (non-hydrogen) atoms. The Morgan fingerprint density at radius 2 is 1.53 bits per heavy atom. The molecule has 0 spiro atoms. The number of amides is 4. The van der Waals surface area contributed by atoms with Crippen molar-refractivity contribution in [2.75, 3.05) is 21.2 Å². The van der Waals surface area contributed by atoms with Gasteiger partial charge in [0.2, 0.25) is 0 Å². The van der Waals surface area contributed by atoms with E-state index < -0.39 is 29.1 Å². The largest absolute Gasteiger partial charge is 0.493 e. The van der Waals surface area contributed by atoms with Crippen molar-refractivity contribution in [1.29, 1.82) is 0 Å². The van der Waals surface area contributed by atoms with Gasteiger partial charge < -0.3 is 9.47 Å². The van der Waals surface area contributed by atoms with E-state index >= 15 is 0 Å².